The third kappa shape index (κ3) is 6.81. The first-order valence-electron chi connectivity index (χ1n) is 11.4. The lowest BCUT2D eigenvalue weighted by Crippen LogP contribution is -2.27. The molecule has 0 saturated heterocycles. The number of nitrogens with zero attached hydrogens (tertiary/aromatic N) is 2. The molecule has 2 N–H and O–H groups in total. The first-order valence-corrected chi connectivity index (χ1v) is 13.2. The number of hydrogen-bond acceptors (Lipinski definition) is 6. The van der Waals surface area contributed by atoms with Gasteiger partial charge >= 0.3 is 0 Å². The Balaban J connectivity index is 1.23. The zero-order valence-electron chi connectivity index (χ0n) is 18.2. The van der Waals surface area contributed by atoms with Gasteiger partial charge in [-0.25, -0.2) is 0 Å². The van der Waals surface area contributed by atoms with E-state index in [0.29, 0.717) is 18.3 Å². The van der Waals surface area contributed by atoms with Gasteiger partial charge in [0.05, 0.1) is 5.75 Å². The van der Waals surface area contributed by atoms with Crippen molar-refractivity contribution in [3.8, 4) is 0 Å². The normalized spacial score (nSPS) is 14.4. The molecule has 1 amide bonds. The summed E-state index contributed by atoms with van der Waals surface area (Å²) in [5.74, 6) is 0.660. The topological polar surface area (TPSA) is 66.9 Å². The highest BCUT2D eigenvalue weighted by atomic mass is 32.2. The highest BCUT2D eigenvalue weighted by Crippen LogP contribution is 2.29. The second kappa shape index (κ2) is 12.0. The van der Waals surface area contributed by atoms with Gasteiger partial charge in [-0.15, -0.1) is 10.2 Å². The predicted octanol–water partition coefficient (Wildman–Crippen LogP) is 5.71. The summed E-state index contributed by atoms with van der Waals surface area (Å²) in [6.07, 6.45) is 7.18. The molecule has 32 heavy (non-hydrogen) atoms. The SMILES string of the molecule is O=C(CSc1nnc(NC2CCCCC2)s1)NCCC(c1ccccc1)c1ccccc1. The van der Waals surface area contributed by atoms with E-state index in [-0.39, 0.29) is 11.8 Å². The van der Waals surface area contributed by atoms with E-state index in [1.807, 2.05) is 12.1 Å². The van der Waals surface area contributed by atoms with Crippen LogP contribution in [0.3, 0.4) is 0 Å². The van der Waals surface area contributed by atoms with Crippen molar-refractivity contribution in [2.75, 3.05) is 17.6 Å². The van der Waals surface area contributed by atoms with Crippen molar-refractivity contribution in [1.29, 1.82) is 0 Å². The van der Waals surface area contributed by atoms with Crippen LogP contribution in [0.4, 0.5) is 5.13 Å². The minimum absolute atomic E-state index is 0.0341. The lowest BCUT2D eigenvalue weighted by Gasteiger charge is -2.21. The average molecular weight is 467 g/mol. The molecule has 0 aliphatic heterocycles. The van der Waals surface area contributed by atoms with E-state index in [2.05, 4.69) is 69.4 Å². The van der Waals surface area contributed by atoms with Gasteiger partial charge in [0.2, 0.25) is 11.0 Å². The summed E-state index contributed by atoms with van der Waals surface area (Å²) in [7, 11) is 0. The van der Waals surface area contributed by atoms with Crippen molar-refractivity contribution in [3.05, 3.63) is 71.8 Å². The third-order valence-corrected chi connectivity index (χ3v) is 7.81. The molecule has 1 aliphatic rings. The second-order valence-corrected chi connectivity index (χ2v) is 10.4. The Morgan fingerprint density at radius 3 is 2.28 bits per heavy atom. The molecule has 0 unspecified atom stereocenters. The number of amides is 1. The molecule has 168 valence electrons. The molecule has 1 aromatic heterocycles. The highest BCUT2D eigenvalue weighted by molar-refractivity contribution is 8.01. The highest BCUT2D eigenvalue weighted by Gasteiger charge is 2.16. The lowest BCUT2D eigenvalue weighted by molar-refractivity contribution is -0.118. The second-order valence-electron chi connectivity index (χ2n) is 8.15. The zero-order valence-corrected chi connectivity index (χ0v) is 19.8. The minimum Gasteiger partial charge on any atom is -0.357 e. The molecular formula is C25H30N4OS2. The van der Waals surface area contributed by atoms with Crippen LogP contribution in [0.15, 0.2) is 65.0 Å². The Hall–Kier alpha value is -2.38. The van der Waals surface area contributed by atoms with Crippen molar-refractivity contribution < 1.29 is 4.79 Å². The number of nitrogens with one attached hydrogen (secondary N) is 2. The van der Waals surface area contributed by atoms with E-state index in [0.717, 1.165) is 15.9 Å². The molecule has 1 aliphatic carbocycles. The maximum Gasteiger partial charge on any atom is 0.230 e. The Kier molecular flexibility index (Phi) is 8.56. The predicted molar refractivity (Wildman–Crippen MR) is 133 cm³/mol. The molecule has 1 fully saturated rings. The Morgan fingerprint density at radius 1 is 0.969 bits per heavy atom. The summed E-state index contributed by atoms with van der Waals surface area (Å²) in [4.78, 5) is 12.4. The van der Waals surface area contributed by atoms with Gasteiger partial charge < -0.3 is 10.6 Å². The van der Waals surface area contributed by atoms with Gasteiger partial charge in [-0.05, 0) is 30.4 Å². The van der Waals surface area contributed by atoms with Crippen molar-refractivity contribution in [2.45, 2.75) is 54.8 Å². The summed E-state index contributed by atoms with van der Waals surface area (Å²) >= 11 is 3.00. The van der Waals surface area contributed by atoms with Crippen LogP contribution in [0, 0.1) is 0 Å². The van der Waals surface area contributed by atoms with Crippen LogP contribution < -0.4 is 10.6 Å². The zero-order chi connectivity index (χ0) is 22.0. The summed E-state index contributed by atoms with van der Waals surface area (Å²) in [6.45, 7) is 0.637. The lowest BCUT2D eigenvalue weighted by atomic mass is 9.88. The van der Waals surface area contributed by atoms with Crippen LogP contribution in [0.25, 0.3) is 0 Å². The Bertz CT molecular complexity index is 919. The van der Waals surface area contributed by atoms with Crippen LogP contribution in [-0.2, 0) is 4.79 Å². The smallest absolute Gasteiger partial charge is 0.230 e. The molecule has 1 heterocycles. The van der Waals surface area contributed by atoms with Gasteiger partial charge in [0.25, 0.3) is 0 Å². The number of carbonyl (C=O) groups is 1. The minimum atomic E-state index is 0.0341. The average Bonchev–Trinajstić information content (AvgIpc) is 3.29. The standard InChI is InChI=1S/C25H30N4OS2/c30-23(18-31-25-29-28-24(32-25)27-21-14-8-3-9-15-21)26-17-16-22(19-10-4-1-5-11-19)20-12-6-2-7-13-20/h1-2,4-7,10-13,21-22H,3,8-9,14-18H2,(H,26,30)(H,27,28). The first-order chi connectivity index (χ1) is 15.8. The molecule has 5 nitrogen and oxygen atoms in total. The molecule has 0 atom stereocenters. The first kappa shape index (κ1) is 22.8. The monoisotopic (exact) mass is 466 g/mol. The van der Waals surface area contributed by atoms with Crippen LogP contribution in [0.1, 0.15) is 55.6 Å². The molecule has 3 aromatic rings. The summed E-state index contributed by atoms with van der Waals surface area (Å²) in [6, 6.07) is 21.5. The Labute approximate surface area is 198 Å². The van der Waals surface area contributed by atoms with E-state index in [4.69, 9.17) is 0 Å². The molecule has 2 aromatic carbocycles. The number of rotatable bonds is 10. The van der Waals surface area contributed by atoms with E-state index in [1.54, 1.807) is 11.3 Å². The van der Waals surface area contributed by atoms with Gasteiger partial charge in [0, 0.05) is 18.5 Å². The third-order valence-electron chi connectivity index (χ3n) is 5.83. The number of benzene rings is 2. The Morgan fingerprint density at radius 2 is 1.62 bits per heavy atom. The maximum atomic E-state index is 12.4. The summed E-state index contributed by atoms with van der Waals surface area (Å²) < 4.78 is 0.838. The van der Waals surface area contributed by atoms with E-state index < -0.39 is 0 Å². The van der Waals surface area contributed by atoms with E-state index in [9.17, 15) is 4.79 Å². The fraction of sp³-hybridized carbons (Fsp3) is 0.400. The van der Waals surface area contributed by atoms with Gasteiger partial charge in [0.1, 0.15) is 0 Å². The number of carbonyl (C=O) groups excluding carboxylic acids is 1. The molecular weight excluding hydrogens is 436 g/mol. The van der Waals surface area contributed by atoms with Crippen LogP contribution in [-0.4, -0.2) is 34.4 Å². The van der Waals surface area contributed by atoms with Gasteiger partial charge in [-0.3, -0.25) is 4.79 Å². The van der Waals surface area contributed by atoms with Crippen LogP contribution in [0.5, 0.6) is 0 Å². The van der Waals surface area contributed by atoms with Crippen molar-refractivity contribution >= 4 is 34.1 Å². The summed E-state index contributed by atoms with van der Waals surface area (Å²) in [5.41, 5.74) is 2.54. The van der Waals surface area contributed by atoms with Crippen molar-refractivity contribution in [1.82, 2.24) is 15.5 Å². The largest absolute Gasteiger partial charge is 0.357 e. The maximum absolute atomic E-state index is 12.4. The fourth-order valence-corrected chi connectivity index (χ4v) is 5.84. The molecule has 0 radical (unpaired) electrons. The fourth-order valence-electron chi connectivity index (χ4n) is 4.18. The molecule has 4 rings (SSSR count). The van der Waals surface area contributed by atoms with Gasteiger partial charge in [0.15, 0.2) is 4.34 Å². The number of hydrogen-bond donors (Lipinski definition) is 2. The van der Waals surface area contributed by atoms with Gasteiger partial charge in [-0.2, -0.15) is 0 Å². The van der Waals surface area contributed by atoms with Crippen molar-refractivity contribution in [2.24, 2.45) is 0 Å². The van der Waals surface area contributed by atoms with Gasteiger partial charge in [-0.1, -0.05) is 103 Å². The molecule has 7 heteroatoms. The number of anilines is 1. The number of thioether (sulfide) groups is 1. The van der Waals surface area contributed by atoms with Crippen LogP contribution >= 0.6 is 23.1 Å². The van der Waals surface area contributed by atoms with Crippen LogP contribution in [0.2, 0.25) is 0 Å². The molecule has 0 spiro atoms. The molecule has 1 saturated carbocycles. The summed E-state index contributed by atoms with van der Waals surface area (Å²) in [5, 5.41) is 15.9. The van der Waals surface area contributed by atoms with E-state index in [1.165, 1.54) is 55.0 Å². The van der Waals surface area contributed by atoms with Crippen molar-refractivity contribution in [3.63, 3.8) is 0 Å². The number of aromatic nitrogens is 2. The van der Waals surface area contributed by atoms with E-state index >= 15 is 0 Å². The quantitative estimate of drug-likeness (QED) is 0.375. The molecule has 0 bridgehead atoms.